The van der Waals surface area contributed by atoms with E-state index in [1.54, 1.807) is 13.2 Å². The summed E-state index contributed by atoms with van der Waals surface area (Å²) in [6.45, 7) is 4.20. The molecule has 1 atom stereocenters. The van der Waals surface area contributed by atoms with Crippen LogP contribution in [0.2, 0.25) is 0 Å². The summed E-state index contributed by atoms with van der Waals surface area (Å²) in [7, 11) is 1.67. The van der Waals surface area contributed by atoms with Gasteiger partial charge in [0, 0.05) is 25.5 Å². The van der Waals surface area contributed by atoms with Crippen LogP contribution in [0.5, 0.6) is 0 Å². The molecule has 8 nitrogen and oxygen atoms in total. The molecule has 4 rings (SSSR count). The number of aromatic nitrogens is 4. The molecular weight excluding hydrogens is 401 g/mol. The topological polar surface area (TPSA) is 97.9 Å². The highest BCUT2D eigenvalue weighted by Gasteiger charge is 2.46. The zero-order valence-corrected chi connectivity index (χ0v) is 15.8. The highest BCUT2D eigenvalue weighted by atomic mass is 19.4. The molecule has 0 saturated carbocycles. The van der Waals surface area contributed by atoms with Crippen molar-refractivity contribution in [2.75, 3.05) is 11.9 Å². The fourth-order valence-electron chi connectivity index (χ4n) is 3.26. The minimum absolute atomic E-state index is 0.117. The molecule has 1 saturated heterocycles. The van der Waals surface area contributed by atoms with Gasteiger partial charge in [-0.2, -0.15) is 18.3 Å². The Balaban J connectivity index is 1.64. The minimum Gasteiger partial charge on any atom is -0.419 e. The summed E-state index contributed by atoms with van der Waals surface area (Å²) in [5.74, 6) is 0.290. The van der Waals surface area contributed by atoms with Crippen LogP contribution in [-0.4, -0.2) is 32.4 Å². The van der Waals surface area contributed by atoms with Gasteiger partial charge in [-0.25, -0.2) is 0 Å². The molecular formula is C19H17F3N6O2. The van der Waals surface area contributed by atoms with Gasteiger partial charge in [-0.3, -0.25) is 9.48 Å². The molecule has 1 fully saturated rings. The molecule has 1 aromatic carbocycles. The normalized spacial score (nSPS) is 19.0. The molecule has 156 valence electrons. The zero-order chi connectivity index (χ0) is 21.5. The first kappa shape index (κ1) is 19.7. The number of nitrogens with one attached hydrogen (secondary N) is 2. The van der Waals surface area contributed by atoms with Crippen molar-refractivity contribution >= 4 is 17.4 Å². The maximum Gasteiger partial charge on any atom is 0.416 e. The van der Waals surface area contributed by atoms with Gasteiger partial charge < -0.3 is 15.1 Å². The van der Waals surface area contributed by atoms with E-state index in [0.29, 0.717) is 30.0 Å². The predicted octanol–water partition coefficient (Wildman–Crippen LogP) is 3.18. The summed E-state index contributed by atoms with van der Waals surface area (Å²) >= 11 is 0. The van der Waals surface area contributed by atoms with E-state index in [4.69, 9.17) is 4.42 Å². The zero-order valence-electron chi connectivity index (χ0n) is 15.8. The number of benzene rings is 1. The van der Waals surface area contributed by atoms with Crippen molar-refractivity contribution in [3.63, 3.8) is 0 Å². The number of halogens is 3. The maximum absolute atomic E-state index is 12.8. The Hall–Kier alpha value is -3.63. The molecule has 2 aromatic heterocycles. The van der Waals surface area contributed by atoms with Crippen LogP contribution in [0.25, 0.3) is 11.5 Å². The molecule has 0 spiro atoms. The maximum atomic E-state index is 12.8. The van der Waals surface area contributed by atoms with Crippen molar-refractivity contribution in [3.05, 3.63) is 54.6 Å². The number of carbonyl (C=O) groups excluding carboxylic acids is 1. The van der Waals surface area contributed by atoms with E-state index >= 15 is 0 Å². The fourth-order valence-corrected chi connectivity index (χ4v) is 3.26. The Morgan fingerprint density at radius 1 is 1.30 bits per heavy atom. The summed E-state index contributed by atoms with van der Waals surface area (Å²) < 4.78 is 45.5. The summed E-state index contributed by atoms with van der Waals surface area (Å²) in [6, 6.07) is 4.55. The molecule has 2 N–H and O–H groups in total. The number of hydrogen-bond acceptors (Lipinski definition) is 6. The van der Waals surface area contributed by atoms with E-state index in [0.717, 1.165) is 12.1 Å². The third-order valence-corrected chi connectivity index (χ3v) is 4.90. The van der Waals surface area contributed by atoms with Crippen molar-refractivity contribution in [3.8, 4) is 11.5 Å². The second kappa shape index (κ2) is 7.01. The first-order chi connectivity index (χ1) is 14.2. The summed E-state index contributed by atoms with van der Waals surface area (Å²) in [5.41, 5.74) is -0.997. The van der Waals surface area contributed by atoms with Gasteiger partial charge in [0.15, 0.2) is 5.82 Å². The summed E-state index contributed by atoms with van der Waals surface area (Å²) in [4.78, 5) is 12.3. The van der Waals surface area contributed by atoms with Gasteiger partial charge in [0.1, 0.15) is 11.0 Å². The van der Waals surface area contributed by atoms with Gasteiger partial charge in [-0.05, 0) is 30.7 Å². The van der Waals surface area contributed by atoms with Crippen LogP contribution in [0.15, 0.2) is 47.5 Å². The lowest BCUT2D eigenvalue weighted by molar-refractivity contribution is -0.137. The van der Waals surface area contributed by atoms with E-state index in [9.17, 15) is 18.0 Å². The lowest BCUT2D eigenvalue weighted by Crippen LogP contribution is -2.33. The highest BCUT2D eigenvalue weighted by molar-refractivity contribution is 5.91. The number of alkyl halides is 3. The number of nitrogens with zero attached hydrogens (tertiary/aromatic N) is 4. The second-order valence-corrected chi connectivity index (χ2v) is 6.86. The molecule has 3 aromatic rings. The first-order valence-corrected chi connectivity index (χ1v) is 8.97. The van der Waals surface area contributed by atoms with Crippen LogP contribution in [0.1, 0.15) is 17.9 Å². The number of anilines is 2. The van der Waals surface area contributed by atoms with Crippen molar-refractivity contribution in [2.45, 2.75) is 18.0 Å². The smallest absolute Gasteiger partial charge is 0.416 e. The Bertz CT molecular complexity index is 1100. The van der Waals surface area contributed by atoms with E-state index in [1.807, 2.05) is 0 Å². The van der Waals surface area contributed by atoms with Crippen LogP contribution >= 0.6 is 0 Å². The Kier molecular flexibility index (Phi) is 4.60. The predicted molar refractivity (Wildman–Crippen MR) is 101 cm³/mol. The van der Waals surface area contributed by atoms with E-state index < -0.39 is 17.2 Å². The Labute approximate surface area is 168 Å². The van der Waals surface area contributed by atoms with Crippen molar-refractivity contribution in [1.29, 1.82) is 0 Å². The average Bonchev–Trinajstić information content (AvgIpc) is 3.40. The number of aryl methyl sites for hydroxylation is 1. The molecule has 0 bridgehead atoms. The van der Waals surface area contributed by atoms with Gasteiger partial charge in [0.25, 0.3) is 5.89 Å². The molecule has 11 heteroatoms. The molecule has 1 aliphatic rings. The molecule has 3 heterocycles. The molecule has 1 aliphatic heterocycles. The lowest BCUT2D eigenvalue weighted by Gasteiger charge is -2.15. The van der Waals surface area contributed by atoms with E-state index in [1.165, 1.54) is 22.9 Å². The Morgan fingerprint density at radius 2 is 2.03 bits per heavy atom. The SMILES string of the molecule is C=CC1(c2nnc(-c3cn(C)nc3Nc3ccc(C(F)(F)F)cc3)o2)CCNC1=O. The van der Waals surface area contributed by atoms with Crippen molar-refractivity contribution in [2.24, 2.45) is 7.05 Å². The van der Waals surface area contributed by atoms with Crippen molar-refractivity contribution in [1.82, 2.24) is 25.3 Å². The van der Waals surface area contributed by atoms with Gasteiger partial charge in [-0.1, -0.05) is 6.08 Å². The van der Waals surface area contributed by atoms with Crippen LogP contribution in [0.4, 0.5) is 24.7 Å². The fraction of sp³-hybridized carbons (Fsp3) is 0.263. The van der Waals surface area contributed by atoms with Crippen molar-refractivity contribution < 1.29 is 22.4 Å². The number of rotatable bonds is 5. The molecule has 30 heavy (non-hydrogen) atoms. The van der Waals surface area contributed by atoms with E-state index in [2.05, 4.69) is 32.5 Å². The van der Waals surface area contributed by atoms with Gasteiger partial charge in [0.2, 0.25) is 11.8 Å². The summed E-state index contributed by atoms with van der Waals surface area (Å²) in [6.07, 6.45) is -0.862. The number of carbonyl (C=O) groups is 1. The van der Waals surface area contributed by atoms with Crippen LogP contribution in [0.3, 0.4) is 0 Å². The lowest BCUT2D eigenvalue weighted by atomic mass is 9.86. The second-order valence-electron chi connectivity index (χ2n) is 6.86. The quantitative estimate of drug-likeness (QED) is 0.618. The standard InChI is InChI=1S/C19H17F3N6O2/c1-3-18(8-9-23-16(18)29)17-26-25-15(30-17)13-10-28(2)27-14(13)24-12-6-4-11(5-7-12)19(20,21)22/h3-7,10H,1,8-9H2,2H3,(H,23,29)(H,24,27). The third-order valence-electron chi connectivity index (χ3n) is 4.90. The van der Waals surface area contributed by atoms with E-state index in [-0.39, 0.29) is 17.7 Å². The van der Waals surface area contributed by atoms with Gasteiger partial charge in [0.05, 0.1) is 5.56 Å². The van der Waals surface area contributed by atoms with Gasteiger partial charge in [-0.15, -0.1) is 16.8 Å². The monoisotopic (exact) mass is 418 g/mol. The number of amides is 1. The van der Waals surface area contributed by atoms with Gasteiger partial charge >= 0.3 is 6.18 Å². The minimum atomic E-state index is -4.41. The molecule has 1 unspecified atom stereocenters. The molecule has 1 amide bonds. The molecule has 0 radical (unpaired) electrons. The largest absolute Gasteiger partial charge is 0.419 e. The van der Waals surface area contributed by atoms with Crippen LogP contribution in [-0.2, 0) is 23.4 Å². The van der Waals surface area contributed by atoms with Crippen LogP contribution < -0.4 is 10.6 Å². The summed E-state index contributed by atoms with van der Waals surface area (Å²) in [5, 5.41) is 18.0. The third kappa shape index (κ3) is 3.31. The Morgan fingerprint density at radius 3 is 2.63 bits per heavy atom. The first-order valence-electron chi connectivity index (χ1n) is 8.97. The molecule has 0 aliphatic carbocycles. The highest BCUT2D eigenvalue weighted by Crippen LogP contribution is 2.36. The number of hydrogen-bond donors (Lipinski definition) is 2. The van der Waals surface area contributed by atoms with Crippen LogP contribution in [0, 0.1) is 0 Å². The average molecular weight is 418 g/mol.